The smallest absolute Gasteiger partial charge is 0.0394 e. The molecule has 1 N–H and O–H groups in total. The topological polar surface area (TPSA) is 15.3 Å². The van der Waals surface area contributed by atoms with Crippen LogP contribution >= 0.6 is 15.9 Å². The molecule has 92 valence electrons. The summed E-state index contributed by atoms with van der Waals surface area (Å²) in [5.74, 6) is 0. The van der Waals surface area contributed by atoms with Gasteiger partial charge in [-0.2, -0.15) is 0 Å². The van der Waals surface area contributed by atoms with Crippen LogP contribution in [-0.4, -0.2) is 31.1 Å². The Balaban J connectivity index is 2.21. The van der Waals surface area contributed by atoms with Crippen LogP contribution in [-0.2, 0) is 0 Å². The van der Waals surface area contributed by atoms with Gasteiger partial charge in [0.25, 0.3) is 0 Å². The van der Waals surface area contributed by atoms with Gasteiger partial charge in [0.1, 0.15) is 0 Å². The molecule has 0 saturated carbocycles. The van der Waals surface area contributed by atoms with Crippen LogP contribution in [0.1, 0.15) is 18.0 Å². The second-order valence-corrected chi connectivity index (χ2v) is 5.20. The molecule has 0 radical (unpaired) electrons. The van der Waals surface area contributed by atoms with Crippen LogP contribution < -0.4 is 5.32 Å². The minimum atomic E-state index is 0.449. The summed E-state index contributed by atoms with van der Waals surface area (Å²) in [5, 5.41) is 3.40. The molecule has 1 heterocycles. The summed E-state index contributed by atoms with van der Waals surface area (Å²) in [4.78, 5) is 2.54. The van der Waals surface area contributed by atoms with Crippen LogP contribution in [0.4, 0.5) is 0 Å². The molecule has 0 spiro atoms. The van der Waals surface area contributed by atoms with E-state index in [9.17, 15) is 0 Å². The highest BCUT2D eigenvalue weighted by Gasteiger charge is 2.22. The van der Waals surface area contributed by atoms with Gasteiger partial charge >= 0.3 is 0 Å². The van der Waals surface area contributed by atoms with E-state index in [-0.39, 0.29) is 0 Å². The summed E-state index contributed by atoms with van der Waals surface area (Å²) in [7, 11) is 0. The van der Waals surface area contributed by atoms with Crippen molar-refractivity contribution in [2.45, 2.75) is 12.5 Å². The third kappa shape index (κ3) is 3.18. The Morgan fingerprint density at radius 3 is 2.71 bits per heavy atom. The molecule has 1 saturated heterocycles. The number of piperazine rings is 1. The SMILES string of the molecule is C=CC[C@@H](c1ccccc1Br)N1CCNCC1. The summed E-state index contributed by atoms with van der Waals surface area (Å²) in [6.07, 6.45) is 3.02. The predicted octanol–water partition coefficient (Wildman–Crippen LogP) is 2.97. The molecule has 2 rings (SSSR count). The maximum absolute atomic E-state index is 3.89. The quantitative estimate of drug-likeness (QED) is 0.859. The van der Waals surface area contributed by atoms with Crippen LogP contribution in [0, 0.1) is 0 Å². The van der Waals surface area contributed by atoms with E-state index in [0.717, 1.165) is 32.6 Å². The number of nitrogens with one attached hydrogen (secondary N) is 1. The lowest BCUT2D eigenvalue weighted by Gasteiger charge is -2.35. The number of rotatable bonds is 4. The van der Waals surface area contributed by atoms with E-state index >= 15 is 0 Å². The van der Waals surface area contributed by atoms with Crippen molar-refractivity contribution >= 4 is 15.9 Å². The standard InChI is InChI=1S/C14H19BrN2/c1-2-5-14(17-10-8-16-9-11-17)12-6-3-4-7-13(12)15/h2-4,6-7,14,16H,1,5,8-11H2/t14-/m0/s1. The van der Waals surface area contributed by atoms with Crippen molar-refractivity contribution in [2.24, 2.45) is 0 Å². The third-order valence-corrected chi connectivity index (χ3v) is 3.97. The fraction of sp³-hybridized carbons (Fsp3) is 0.429. The molecule has 1 aliphatic rings. The number of halogens is 1. The van der Waals surface area contributed by atoms with E-state index in [1.165, 1.54) is 10.0 Å². The predicted molar refractivity (Wildman–Crippen MR) is 76.1 cm³/mol. The molecule has 0 aromatic heterocycles. The Morgan fingerprint density at radius 2 is 2.06 bits per heavy atom. The molecule has 0 aliphatic carbocycles. The summed E-state index contributed by atoms with van der Waals surface area (Å²) in [6.45, 7) is 8.28. The van der Waals surface area contributed by atoms with Crippen LogP contribution in [0.15, 0.2) is 41.4 Å². The molecule has 0 bridgehead atoms. The van der Waals surface area contributed by atoms with E-state index in [1.54, 1.807) is 0 Å². The maximum atomic E-state index is 3.89. The molecule has 0 unspecified atom stereocenters. The van der Waals surface area contributed by atoms with Gasteiger partial charge in [-0.1, -0.05) is 40.2 Å². The molecule has 1 aliphatic heterocycles. The fourth-order valence-corrected chi connectivity index (χ4v) is 2.92. The molecule has 1 fully saturated rings. The van der Waals surface area contributed by atoms with Crippen molar-refractivity contribution in [3.8, 4) is 0 Å². The van der Waals surface area contributed by atoms with E-state index in [1.807, 2.05) is 6.08 Å². The van der Waals surface area contributed by atoms with Gasteiger partial charge in [-0.3, -0.25) is 4.90 Å². The second-order valence-electron chi connectivity index (χ2n) is 4.35. The van der Waals surface area contributed by atoms with E-state index in [0.29, 0.717) is 6.04 Å². The Hall–Kier alpha value is -0.640. The van der Waals surface area contributed by atoms with Gasteiger partial charge in [-0.05, 0) is 18.1 Å². The monoisotopic (exact) mass is 294 g/mol. The summed E-state index contributed by atoms with van der Waals surface area (Å²) in [5.41, 5.74) is 1.37. The lowest BCUT2D eigenvalue weighted by atomic mass is 10.0. The first-order valence-electron chi connectivity index (χ1n) is 6.13. The van der Waals surface area contributed by atoms with Crippen LogP contribution in [0.5, 0.6) is 0 Å². The van der Waals surface area contributed by atoms with E-state index in [2.05, 4.69) is 57.0 Å². The van der Waals surface area contributed by atoms with E-state index < -0.39 is 0 Å². The fourth-order valence-electron chi connectivity index (χ4n) is 2.37. The molecule has 1 aromatic rings. The Morgan fingerprint density at radius 1 is 1.35 bits per heavy atom. The van der Waals surface area contributed by atoms with Gasteiger partial charge in [-0.15, -0.1) is 6.58 Å². The molecule has 3 heteroatoms. The zero-order chi connectivity index (χ0) is 12.1. The summed E-state index contributed by atoms with van der Waals surface area (Å²) < 4.78 is 1.20. The largest absolute Gasteiger partial charge is 0.314 e. The van der Waals surface area contributed by atoms with Crippen LogP contribution in [0.2, 0.25) is 0 Å². The number of hydrogen-bond donors (Lipinski definition) is 1. The lowest BCUT2D eigenvalue weighted by Crippen LogP contribution is -2.45. The van der Waals surface area contributed by atoms with Gasteiger partial charge in [0.15, 0.2) is 0 Å². The van der Waals surface area contributed by atoms with Gasteiger partial charge in [0.05, 0.1) is 0 Å². The first-order chi connectivity index (χ1) is 8.33. The number of hydrogen-bond acceptors (Lipinski definition) is 2. The van der Waals surface area contributed by atoms with Crippen molar-refractivity contribution in [1.82, 2.24) is 10.2 Å². The summed E-state index contributed by atoms with van der Waals surface area (Å²) >= 11 is 3.66. The van der Waals surface area contributed by atoms with Crippen molar-refractivity contribution in [3.63, 3.8) is 0 Å². The number of benzene rings is 1. The van der Waals surface area contributed by atoms with Gasteiger partial charge in [0.2, 0.25) is 0 Å². The first kappa shape index (κ1) is 12.8. The maximum Gasteiger partial charge on any atom is 0.0394 e. The zero-order valence-corrected chi connectivity index (χ0v) is 11.6. The van der Waals surface area contributed by atoms with Crippen molar-refractivity contribution < 1.29 is 0 Å². The van der Waals surface area contributed by atoms with Gasteiger partial charge in [-0.25, -0.2) is 0 Å². The highest BCUT2D eigenvalue weighted by Crippen LogP contribution is 2.30. The van der Waals surface area contributed by atoms with Crippen molar-refractivity contribution in [2.75, 3.05) is 26.2 Å². The Labute approximate surface area is 112 Å². The molecule has 17 heavy (non-hydrogen) atoms. The second kappa shape index (κ2) is 6.34. The number of nitrogens with zero attached hydrogens (tertiary/aromatic N) is 1. The minimum Gasteiger partial charge on any atom is -0.314 e. The average molecular weight is 295 g/mol. The molecule has 1 atom stereocenters. The first-order valence-corrected chi connectivity index (χ1v) is 6.92. The Bertz CT molecular complexity index is 372. The minimum absolute atomic E-state index is 0.449. The van der Waals surface area contributed by atoms with E-state index in [4.69, 9.17) is 0 Å². The van der Waals surface area contributed by atoms with Crippen LogP contribution in [0.3, 0.4) is 0 Å². The van der Waals surface area contributed by atoms with Crippen molar-refractivity contribution in [1.29, 1.82) is 0 Å². The Kier molecular flexibility index (Phi) is 4.77. The summed E-state index contributed by atoms with van der Waals surface area (Å²) in [6, 6.07) is 8.95. The lowest BCUT2D eigenvalue weighted by molar-refractivity contribution is 0.174. The van der Waals surface area contributed by atoms with Gasteiger partial charge in [0, 0.05) is 36.7 Å². The highest BCUT2D eigenvalue weighted by molar-refractivity contribution is 9.10. The average Bonchev–Trinajstić information content (AvgIpc) is 2.38. The van der Waals surface area contributed by atoms with Crippen LogP contribution in [0.25, 0.3) is 0 Å². The molecule has 0 amide bonds. The molecule has 2 nitrogen and oxygen atoms in total. The van der Waals surface area contributed by atoms with Crippen molar-refractivity contribution in [3.05, 3.63) is 47.0 Å². The molecule has 1 aromatic carbocycles. The molecular weight excluding hydrogens is 276 g/mol. The zero-order valence-electron chi connectivity index (χ0n) is 10.0. The third-order valence-electron chi connectivity index (χ3n) is 3.25. The van der Waals surface area contributed by atoms with Gasteiger partial charge < -0.3 is 5.32 Å². The highest BCUT2D eigenvalue weighted by atomic mass is 79.9. The molecular formula is C14H19BrN2. The normalized spacial score (nSPS) is 18.9.